The maximum absolute atomic E-state index is 11.8. The summed E-state index contributed by atoms with van der Waals surface area (Å²) in [5.41, 5.74) is 6.94. The lowest BCUT2D eigenvalue weighted by Crippen LogP contribution is -2.35. The maximum atomic E-state index is 11.8. The van der Waals surface area contributed by atoms with Crippen LogP contribution in [0, 0.1) is 0 Å². The molecule has 0 radical (unpaired) electrons. The van der Waals surface area contributed by atoms with Crippen LogP contribution in [-0.4, -0.2) is 23.9 Å². The first-order chi connectivity index (χ1) is 9.43. The first kappa shape index (κ1) is 16.2. The molecule has 5 nitrogen and oxygen atoms in total. The molecule has 1 rings (SSSR count). The van der Waals surface area contributed by atoms with Gasteiger partial charge in [-0.3, -0.25) is 9.59 Å². The Bertz CT molecular complexity index is 455. The quantitative estimate of drug-likeness (QED) is 0.742. The number of nitrogens with one attached hydrogen (secondary N) is 2. The Morgan fingerprint density at radius 3 is 2.30 bits per heavy atom. The van der Waals surface area contributed by atoms with E-state index in [1.807, 2.05) is 20.8 Å². The van der Waals surface area contributed by atoms with Gasteiger partial charge in [0, 0.05) is 17.3 Å². The third-order valence-electron chi connectivity index (χ3n) is 2.77. The number of benzene rings is 1. The predicted molar refractivity (Wildman–Crippen MR) is 80.6 cm³/mol. The molecule has 5 heteroatoms. The van der Waals surface area contributed by atoms with Crippen LogP contribution in [0.15, 0.2) is 24.3 Å². The van der Waals surface area contributed by atoms with Gasteiger partial charge in [-0.15, -0.1) is 0 Å². The molecule has 0 saturated heterocycles. The monoisotopic (exact) mass is 277 g/mol. The van der Waals surface area contributed by atoms with E-state index in [1.54, 1.807) is 24.3 Å². The van der Waals surface area contributed by atoms with Crippen molar-refractivity contribution in [3.63, 3.8) is 0 Å². The molecule has 0 bridgehead atoms. The maximum Gasteiger partial charge on any atom is 0.251 e. The van der Waals surface area contributed by atoms with Gasteiger partial charge >= 0.3 is 0 Å². The number of anilines is 1. The molecule has 0 aliphatic carbocycles. The Morgan fingerprint density at radius 1 is 1.20 bits per heavy atom. The van der Waals surface area contributed by atoms with E-state index in [0.29, 0.717) is 17.7 Å². The van der Waals surface area contributed by atoms with E-state index in [-0.39, 0.29) is 17.9 Å². The van der Waals surface area contributed by atoms with Crippen LogP contribution >= 0.6 is 0 Å². The van der Waals surface area contributed by atoms with Crippen molar-refractivity contribution in [2.75, 3.05) is 5.32 Å². The molecule has 0 aliphatic heterocycles. The molecule has 110 valence electrons. The SMILES string of the molecule is CCC[C@H](N)C(=O)Nc1ccc(C(=O)NC(C)C)cc1. The van der Waals surface area contributed by atoms with Crippen molar-refractivity contribution in [2.45, 2.75) is 45.7 Å². The average molecular weight is 277 g/mol. The highest BCUT2D eigenvalue weighted by atomic mass is 16.2. The van der Waals surface area contributed by atoms with Gasteiger partial charge in [0.2, 0.25) is 5.91 Å². The number of carbonyl (C=O) groups is 2. The zero-order chi connectivity index (χ0) is 15.1. The fourth-order valence-electron chi connectivity index (χ4n) is 1.73. The van der Waals surface area contributed by atoms with Gasteiger partial charge in [0.15, 0.2) is 0 Å². The summed E-state index contributed by atoms with van der Waals surface area (Å²) in [5, 5.41) is 5.55. The molecular weight excluding hydrogens is 254 g/mol. The van der Waals surface area contributed by atoms with Crippen LogP contribution in [0.5, 0.6) is 0 Å². The lowest BCUT2D eigenvalue weighted by atomic mass is 10.1. The highest BCUT2D eigenvalue weighted by Crippen LogP contribution is 2.10. The zero-order valence-corrected chi connectivity index (χ0v) is 12.3. The van der Waals surface area contributed by atoms with Gasteiger partial charge in [0.05, 0.1) is 6.04 Å². The number of amides is 2. The fourth-order valence-corrected chi connectivity index (χ4v) is 1.73. The topological polar surface area (TPSA) is 84.2 Å². The van der Waals surface area contributed by atoms with Gasteiger partial charge in [0.1, 0.15) is 0 Å². The Kier molecular flexibility index (Phi) is 6.18. The third-order valence-corrected chi connectivity index (χ3v) is 2.77. The zero-order valence-electron chi connectivity index (χ0n) is 12.3. The van der Waals surface area contributed by atoms with Crippen LogP contribution in [0.3, 0.4) is 0 Å². The first-order valence-corrected chi connectivity index (χ1v) is 6.91. The van der Waals surface area contributed by atoms with Crippen molar-refractivity contribution in [1.82, 2.24) is 5.32 Å². The summed E-state index contributed by atoms with van der Waals surface area (Å²) in [6, 6.07) is 6.35. The van der Waals surface area contributed by atoms with Crippen LogP contribution in [-0.2, 0) is 4.79 Å². The highest BCUT2D eigenvalue weighted by Gasteiger charge is 2.12. The molecule has 0 saturated carbocycles. The molecule has 0 fully saturated rings. The Hall–Kier alpha value is -1.88. The minimum absolute atomic E-state index is 0.0916. The first-order valence-electron chi connectivity index (χ1n) is 6.91. The van der Waals surface area contributed by atoms with Crippen molar-refractivity contribution in [3.05, 3.63) is 29.8 Å². The summed E-state index contributed by atoms with van der Waals surface area (Å²) in [5.74, 6) is -0.327. The smallest absolute Gasteiger partial charge is 0.251 e. The second-order valence-electron chi connectivity index (χ2n) is 5.09. The molecule has 0 heterocycles. The van der Waals surface area contributed by atoms with E-state index in [4.69, 9.17) is 5.73 Å². The number of hydrogen-bond acceptors (Lipinski definition) is 3. The summed E-state index contributed by atoms with van der Waals surface area (Å²) < 4.78 is 0. The number of nitrogens with two attached hydrogens (primary N) is 1. The van der Waals surface area contributed by atoms with Crippen molar-refractivity contribution < 1.29 is 9.59 Å². The Labute approximate surface area is 119 Å². The van der Waals surface area contributed by atoms with Gasteiger partial charge in [0.25, 0.3) is 5.91 Å². The minimum atomic E-state index is -0.496. The Balaban J connectivity index is 2.63. The van der Waals surface area contributed by atoms with Gasteiger partial charge in [-0.2, -0.15) is 0 Å². The molecule has 1 aromatic carbocycles. The van der Waals surface area contributed by atoms with Gasteiger partial charge in [-0.1, -0.05) is 13.3 Å². The number of rotatable bonds is 6. The lowest BCUT2D eigenvalue weighted by Gasteiger charge is -2.12. The number of carbonyl (C=O) groups excluding carboxylic acids is 2. The summed E-state index contributed by atoms with van der Waals surface area (Å²) in [4.78, 5) is 23.5. The lowest BCUT2D eigenvalue weighted by molar-refractivity contribution is -0.117. The van der Waals surface area contributed by atoms with Crippen LogP contribution < -0.4 is 16.4 Å². The van der Waals surface area contributed by atoms with E-state index >= 15 is 0 Å². The average Bonchev–Trinajstić information content (AvgIpc) is 2.39. The van der Waals surface area contributed by atoms with E-state index in [2.05, 4.69) is 10.6 Å². The summed E-state index contributed by atoms with van der Waals surface area (Å²) in [6.07, 6.45) is 1.52. The molecular formula is C15H23N3O2. The van der Waals surface area contributed by atoms with Gasteiger partial charge < -0.3 is 16.4 Å². The largest absolute Gasteiger partial charge is 0.350 e. The van der Waals surface area contributed by atoms with Crippen molar-refractivity contribution in [3.8, 4) is 0 Å². The molecule has 0 aliphatic rings. The summed E-state index contributed by atoms with van der Waals surface area (Å²) >= 11 is 0. The summed E-state index contributed by atoms with van der Waals surface area (Å²) in [6.45, 7) is 5.79. The van der Waals surface area contributed by atoms with Crippen LogP contribution in [0.25, 0.3) is 0 Å². The fraction of sp³-hybridized carbons (Fsp3) is 0.467. The van der Waals surface area contributed by atoms with Crippen LogP contribution in [0.1, 0.15) is 44.0 Å². The van der Waals surface area contributed by atoms with E-state index in [0.717, 1.165) is 6.42 Å². The van der Waals surface area contributed by atoms with Crippen LogP contribution in [0.4, 0.5) is 5.69 Å². The van der Waals surface area contributed by atoms with Gasteiger partial charge in [-0.25, -0.2) is 0 Å². The second-order valence-corrected chi connectivity index (χ2v) is 5.09. The molecule has 0 unspecified atom stereocenters. The number of hydrogen-bond donors (Lipinski definition) is 3. The highest BCUT2D eigenvalue weighted by molar-refractivity contribution is 5.97. The minimum Gasteiger partial charge on any atom is -0.350 e. The molecule has 20 heavy (non-hydrogen) atoms. The molecule has 2 amide bonds. The van der Waals surface area contributed by atoms with Crippen molar-refractivity contribution in [2.24, 2.45) is 5.73 Å². The van der Waals surface area contributed by atoms with E-state index in [9.17, 15) is 9.59 Å². The predicted octanol–water partition coefficient (Wildman–Crippen LogP) is 1.89. The van der Waals surface area contributed by atoms with E-state index < -0.39 is 6.04 Å². The Morgan fingerprint density at radius 2 is 1.80 bits per heavy atom. The molecule has 0 aromatic heterocycles. The van der Waals surface area contributed by atoms with Crippen molar-refractivity contribution in [1.29, 1.82) is 0 Å². The standard InChI is InChI=1S/C15H23N3O2/c1-4-5-13(16)15(20)18-12-8-6-11(7-9-12)14(19)17-10(2)3/h6-10,13H,4-5,16H2,1-3H3,(H,17,19)(H,18,20)/t13-/m0/s1. The molecule has 4 N–H and O–H groups in total. The normalized spacial score (nSPS) is 12.1. The summed E-state index contributed by atoms with van der Waals surface area (Å²) in [7, 11) is 0. The second kappa shape index (κ2) is 7.65. The van der Waals surface area contributed by atoms with E-state index in [1.165, 1.54) is 0 Å². The van der Waals surface area contributed by atoms with Gasteiger partial charge in [-0.05, 0) is 44.5 Å². The molecule has 1 atom stereocenters. The third kappa shape index (κ3) is 5.01. The molecule has 1 aromatic rings. The van der Waals surface area contributed by atoms with Crippen molar-refractivity contribution >= 4 is 17.5 Å². The van der Waals surface area contributed by atoms with Crippen LogP contribution in [0.2, 0.25) is 0 Å². The molecule has 0 spiro atoms.